The minimum Gasteiger partial charge on any atom is -0.372 e. The highest BCUT2D eigenvalue weighted by atomic mass is 32.2. The van der Waals surface area contributed by atoms with Crippen molar-refractivity contribution in [2.75, 3.05) is 41.7 Å². The van der Waals surface area contributed by atoms with Gasteiger partial charge in [0.15, 0.2) is 0 Å². The van der Waals surface area contributed by atoms with Gasteiger partial charge in [-0.3, -0.25) is 14.6 Å². The van der Waals surface area contributed by atoms with E-state index < -0.39 is 16.1 Å². The van der Waals surface area contributed by atoms with Crippen LogP contribution in [0.15, 0.2) is 71.9 Å². The summed E-state index contributed by atoms with van der Waals surface area (Å²) >= 11 is 0. The fraction of sp³-hybridized carbons (Fsp3) is 0.296. The van der Waals surface area contributed by atoms with Gasteiger partial charge in [0.2, 0.25) is 15.9 Å². The number of carbonyl (C=O) groups is 2. The Morgan fingerprint density at radius 1 is 0.974 bits per heavy atom. The van der Waals surface area contributed by atoms with Gasteiger partial charge in [-0.05, 0) is 67.3 Å². The summed E-state index contributed by atoms with van der Waals surface area (Å²) in [5.41, 5.74) is 4.00. The second kappa shape index (κ2) is 10.8. The molecule has 2 aliphatic rings. The van der Waals surface area contributed by atoms with Gasteiger partial charge in [0.1, 0.15) is 6.04 Å². The monoisotopic (exact) mass is 534 g/mol. The van der Waals surface area contributed by atoms with E-state index >= 15 is 0 Å². The summed E-state index contributed by atoms with van der Waals surface area (Å²) in [6.07, 6.45) is 5.57. The topological polar surface area (TPSA) is 138 Å². The van der Waals surface area contributed by atoms with Crippen LogP contribution < -0.4 is 20.7 Å². The molecule has 1 saturated heterocycles. The Hall–Kier alpha value is -3.96. The van der Waals surface area contributed by atoms with E-state index in [0.717, 1.165) is 36.4 Å². The van der Waals surface area contributed by atoms with Crippen LogP contribution in [0.1, 0.15) is 28.8 Å². The number of sulfonamides is 1. The molecule has 3 aromatic rings. The van der Waals surface area contributed by atoms with E-state index in [0.29, 0.717) is 37.2 Å². The first-order valence-electron chi connectivity index (χ1n) is 12.6. The van der Waals surface area contributed by atoms with Crippen molar-refractivity contribution in [2.24, 2.45) is 5.14 Å². The van der Waals surface area contributed by atoms with Crippen molar-refractivity contribution in [3.63, 3.8) is 0 Å². The van der Waals surface area contributed by atoms with Crippen molar-refractivity contribution in [3.8, 4) is 0 Å². The number of carbonyl (C=O) groups excluding carboxylic acids is 2. The second-order valence-electron chi connectivity index (χ2n) is 9.51. The number of primary sulfonamides is 1. The summed E-state index contributed by atoms with van der Waals surface area (Å²) in [6, 6.07) is 15.4. The number of piperazine rings is 1. The smallest absolute Gasteiger partial charge is 0.254 e. The summed E-state index contributed by atoms with van der Waals surface area (Å²) in [7, 11) is -3.71. The Balaban J connectivity index is 1.15. The lowest BCUT2D eigenvalue weighted by Crippen LogP contribution is -2.48. The summed E-state index contributed by atoms with van der Waals surface area (Å²) in [5.74, 6) is -0.190. The number of hydrogen-bond donors (Lipinski definition) is 3. The number of aromatic nitrogens is 1. The molecular weight excluding hydrogens is 504 g/mol. The number of nitrogens with two attached hydrogens (primary N) is 1. The average Bonchev–Trinajstić information content (AvgIpc) is 2.93. The van der Waals surface area contributed by atoms with Crippen LogP contribution >= 0.6 is 0 Å². The van der Waals surface area contributed by atoms with Crippen LogP contribution in [0.25, 0.3) is 0 Å². The van der Waals surface area contributed by atoms with Crippen LogP contribution in [0, 0.1) is 0 Å². The average molecular weight is 535 g/mol. The van der Waals surface area contributed by atoms with Crippen molar-refractivity contribution in [1.82, 2.24) is 9.88 Å². The second-order valence-corrected chi connectivity index (χ2v) is 11.1. The third-order valence-electron chi connectivity index (χ3n) is 6.98. The Bertz CT molecular complexity index is 1420. The molecule has 4 N–H and O–H groups in total. The lowest BCUT2D eigenvalue weighted by atomic mass is 10.0. The van der Waals surface area contributed by atoms with E-state index in [1.165, 1.54) is 12.1 Å². The molecule has 2 amide bonds. The molecule has 1 atom stereocenters. The highest BCUT2D eigenvalue weighted by molar-refractivity contribution is 7.89. The van der Waals surface area contributed by atoms with E-state index in [2.05, 4.69) is 20.5 Å². The zero-order valence-corrected chi connectivity index (χ0v) is 21.7. The van der Waals surface area contributed by atoms with Gasteiger partial charge in [0.25, 0.3) is 5.91 Å². The molecule has 10 nitrogen and oxygen atoms in total. The first-order valence-corrected chi connectivity index (χ1v) is 14.1. The first kappa shape index (κ1) is 25.7. The van der Waals surface area contributed by atoms with Crippen LogP contribution in [0.5, 0.6) is 0 Å². The number of nitrogens with zero attached hydrogens (tertiary/aromatic N) is 3. The van der Waals surface area contributed by atoms with Gasteiger partial charge >= 0.3 is 0 Å². The molecule has 0 radical (unpaired) electrons. The lowest BCUT2D eigenvalue weighted by Gasteiger charge is -2.36. The van der Waals surface area contributed by atoms with Crippen LogP contribution in [-0.2, 0) is 21.2 Å². The maximum atomic E-state index is 13.2. The number of amides is 2. The molecule has 0 aliphatic carbocycles. The molecule has 5 rings (SSSR count). The molecule has 0 bridgehead atoms. The van der Waals surface area contributed by atoms with Crippen molar-refractivity contribution in [1.29, 1.82) is 0 Å². The van der Waals surface area contributed by atoms with Gasteiger partial charge in [0, 0.05) is 49.8 Å². The number of rotatable bonds is 7. The van der Waals surface area contributed by atoms with Crippen molar-refractivity contribution in [2.45, 2.75) is 30.2 Å². The van der Waals surface area contributed by atoms with Crippen LogP contribution in [0.2, 0.25) is 0 Å². The fourth-order valence-electron chi connectivity index (χ4n) is 4.84. The summed E-state index contributed by atoms with van der Waals surface area (Å²) in [6.45, 7) is 2.74. The van der Waals surface area contributed by atoms with Crippen LogP contribution in [0.4, 0.5) is 17.1 Å². The summed E-state index contributed by atoms with van der Waals surface area (Å²) in [4.78, 5) is 34.1. The van der Waals surface area contributed by atoms with Gasteiger partial charge < -0.3 is 20.4 Å². The SMILES string of the molecule is NS(=O)(=O)c1ccc(CCCC2Nc3ccc(C(=O)N4CCN(c5ccncc5)CC4)cc3NC2=O)cc1. The van der Waals surface area contributed by atoms with Crippen molar-refractivity contribution < 1.29 is 18.0 Å². The molecule has 1 fully saturated rings. The predicted molar refractivity (Wildman–Crippen MR) is 146 cm³/mol. The fourth-order valence-corrected chi connectivity index (χ4v) is 5.36. The summed E-state index contributed by atoms with van der Waals surface area (Å²) in [5, 5.41) is 11.4. The Morgan fingerprint density at radius 2 is 1.68 bits per heavy atom. The molecule has 1 aromatic heterocycles. The number of pyridine rings is 1. The standard InChI is InChI=1S/C27H30N6O4S/c28-38(36,37)22-7-4-19(5-8-22)2-1-3-24-26(34)31-25-18-20(6-9-23(25)30-24)27(35)33-16-14-32(15-17-33)21-10-12-29-13-11-21/h4-13,18,24,30H,1-3,14-17H2,(H,31,34)(H2,28,36,37). The molecule has 1 unspecified atom stereocenters. The Kier molecular flexibility index (Phi) is 7.30. The molecule has 198 valence electrons. The highest BCUT2D eigenvalue weighted by Crippen LogP contribution is 2.30. The summed E-state index contributed by atoms with van der Waals surface area (Å²) < 4.78 is 22.8. The van der Waals surface area contributed by atoms with Gasteiger partial charge in [-0.1, -0.05) is 12.1 Å². The minimum absolute atomic E-state index is 0.0491. The normalized spacial score (nSPS) is 17.4. The number of nitrogens with one attached hydrogen (secondary N) is 2. The maximum absolute atomic E-state index is 13.2. The number of fused-ring (bicyclic) bond motifs is 1. The quantitative estimate of drug-likeness (QED) is 0.423. The van der Waals surface area contributed by atoms with E-state index in [9.17, 15) is 18.0 Å². The van der Waals surface area contributed by atoms with Gasteiger partial charge in [-0.2, -0.15) is 0 Å². The predicted octanol–water partition coefficient (Wildman–Crippen LogP) is 2.45. The van der Waals surface area contributed by atoms with E-state index in [4.69, 9.17) is 5.14 Å². The van der Waals surface area contributed by atoms with Gasteiger partial charge in [-0.25, -0.2) is 13.6 Å². The third-order valence-corrected chi connectivity index (χ3v) is 7.90. The molecule has 38 heavy (non-hydrogen) atoms. The Morgan fingerprint density at radius 3 is 2.37 bits per heavy atom. The number of aryl methyl sites for hydroxylation is 1. The lowest BCUT2D eigenvalue weighted by molar-refractivity contribution is -0.117. The van der Waals surface area contributed by atoms with Gasteiger partial charge in [-0.15, -0.1) is 0 Å². The van der Waals surface area contributed by atoms with Crippen LogP contribution in [-0.4, -0.2) is 62.3 Å². The molecule has 2 aliphatic heterocycles. The molecule has 11 heteroatoms. The maximum Gasteiger partial charge on any atom is 0.254 e. The first-order chi connectivity index (χ1) is 18.3. The minimum atomic E-state index is -3.71. The molecule has 0 saturated carbocycles. The van der Waals surface area contributed by atoms with Crippen molar-refractivity contribution >= 4 is 38.9 Å². The van der Waals surface area contributed by atoms with Crippen LogP contribution in [0.3, 0.4) is 0 Å². The molecule has 0 spiro atoms. The van der Waals surface area contributed by atoms with E-state index in [1.54, 1.807) is 36.7 Å². The number of hydrogen-bond acceptors (Lipinski definition) is 7. The molecule has 2 aromatic carbocycles. The van der Waals surface area contributed by atoms with Gasteiger partial charge in [0.05, 0.1) is 16.3 Å². The number of benzene rings is 2. The third kappa shape index (κ3) is 5.79. The van der Waals surface area contributed by atoms with E-state index in [-0.39, 0.29) is 16.7 Å². The molecular formula is C27H30N6O4S. The van der Waals surface area contributed by atoms with Crippen molar-refractivity contribution in [3.05, 3.63) is 78.1 Å². The highest BCUT2D eigenvalue weighted by Gasteiger charge is 2.27. The largest absolute Gasteiger partial charge is 0.372 e. The Labute approximate surface area is 221 Å². The molecule has 3 heterocycles. The zero-order valence-electron chi connectivity index (χ0n) is 20.8. The zero-order chi connectivity index (χ0) is 26.7. The van der Waals surface area contributed by atoms with E-state index in [1.807, 2.05) is 23.1 Å². The number of anilines is 3.